The van der Waals surface area contributed by atoms with Crippen molar-refractivity contribution in [2.45, 2.75) is 45.7 Å². The summed E-state index contributed by atoms with van der Waals surface area (Å²) in [7, 11) is 1.56. The van der Waals surface area contributed by atoms with E-state index in [1.54, 1.807) is 14.0 Å². The minimum absolute atomic E-state index is 0.179. The SMILES string of the molecule is CC#CCn1c(N2CCCCC2)nc2nc(NC(C)C(=O)O)n(C)c(=O)c21. The molecule has 1 saturated heterocycles. The van der Waals surface area contributed by atoms with E-state index in [2.05, 4.69) is 32.0 Å². The van der Waals surface area contributed by atoms with E-state index in [0.29, 0.717) is 23.7 Å². The third-order valence-corrected chi connectivity index (χ3v) is 4.73. The van der Waals surface area contributed by atoms with Crippen molar-refractivity contribution in [1.29, 1.82) is 0 Å². The van der Waals surface area contributed by atoms with E-state index in [0.717, 1.165) is 25.9 Å². The number of hydrogen-bond acceptors (Lipinski definition) is 6. The molecule has 0 saturated carbocycles. The Morgan fingerprint density at radius 2 is 2.00 bits per heavy atom. The zero-order chi connectivity index (χ0) is 19.6. The summed E-state index contributed by atoms with van der Waals surface area (Å²) < 4.78 is 3.14. The van der Waals surface area contributed by atoms with Crippen molar-refractivity contribution >= 4 is 29.0 Å². The van der Waals surface area contributed by atoms with Crippen LogP contribution in [0.25, 0.3) is 11.2 Å². The molecule has 2 aromatic rings. The van der Waals surface area contributed by atoms with Gasteiger partial charge in [0.25, 0.3) is 5.56 Å². The monoisotopic (exact) mass is 372 g/mol. The van der Waals surface area contributed by atoms with Gasteiger partial charge in [-0.3, -0.25) is 18.7 Å². The summed E-state index contributed by atoms with van der Waals surface area (Å²) in [5.74, 6) is 5.72. The number of anilines is 2. The molecule has 1 aliphatic heterocycles. The molecule has 2 aromatic heterocycles. The summed E-state index contributed by atoms with van der Waals surface area (Å²) in [5.41, 5.74) is 0.403. The molecule has 9 nitrogen and oxygen atoms in total. The number of carbonyl (C=O) groups is 1. The number of imidazole rings is 1. The largest absolute Gasteiger partial charge is 0.480 e. The Morgan fingerprint density at radius 1 is 1.30 bits per heavy atom. The van der Waals surface area contributed by atoms with Crippen LogP contribution < -0.4 is 15.8 Å². The van der Waals surface area contributed by atoms with E-state index in [4.69, 9.17) is 5.11 Å². The predicted octanol–water partition coefficient (Wildman–Crippen LogP) is 1.03. The van der Waals surface area contributed by atoms with Crippen molar-refractivity contribution in [2.75, 3.05) is 23.3 Å². The van der Waals surface area contributed by atoms with Crippen LogP contribution in [0.3, 0.4) is 0 Å². The number of nitrogens with zero attached hydrogens (tertiary/aromatic N) is 5. The molecule has 0 spiro atoms. The second-order valence-electron chi connectivity index (χ2n) is 6.65. The Labute approximate surface area is 157 Å². The number of piperidine rings is 1. The first kappa shape index (κ1) is 18.8. The predicted molar refractivity (Wildman–Crippen MR) is 103 cm³/mol. The smallest absolute Gasteiger partial charge is 0.325 e. The number of nitrogens with one attached hydrogen (secondary N) is 1. The lowest BCUT2D eigenvalue weighted by Crippen LogP contribution is -2.32. The van der Waals surface area contributed by atoms with Gasteiger partial charge in [-0.1, -0.05) is 5.92 Å². The van der Waals surface area contributed by atoms with Crippen LogP contribution in [0.2, 0.25) is 0 Å². The summed E-state index contributed by atoms with van der Waals surface area (Å²) in [6.07, 6.45) is 3.35. The minimum atomic E-state index is -1.03. The molecule has 0 radical (unpaired) electrons. The minimum Gasteiger partial charge on any atom is -0.480 e. The van der Waals surface area contributed by atoms with E-state index in [1.807, 2.05) is 4.57 Å². The maximum Gasteiger partial charge on any atom is 0.325 e. The highest BCUT2D eigenvalue weighted by Gasteiger charge is 2.23. The molecule has 0 bridgehead atoms. The van der Waals surface area contributed by atoms with Crippen molar-refractivity contribution in [3.63, 3.8) is 0 Å². The molecule has 144 valence electrons. The number of fused-ring (bicyclic) bond motifs is 1. The van der Waals surface area contributed by atoms with Crippen LogP contribution in [0.5, 0.6) is 0 Å². The zero-order valence-corrected chi connectivity index (χ0v) is 15.8. The molecule has 2 N–H and O–H groups in total. The maximum absolute atomic E-state index is 13.0. The summed E-state index contributed by atoms with van der Waals surface area (Å²) in [4.78, 5) is 35.3. The van der Waals surface area contributed by atoms with Crippen molar-refractivity contribution in [2.24, 2.45) is 7.05 Å². The van der Waals surface area contributed by atoms with Gasteiger partial charge in [0.15, 0.2) is 11.2 Å². The summed E-state index contributed by atoms with van der Waals surface area (Å²) >= 11 is 0. The average Bonchev–Trinajstić information content (AvgIpc) is 3.03. The van der Waals surface area contributed by atoms with Crippen LogP contribution in [-0.4, -0.2) is 49.3 Å². The molecule has 27 heavy (non-hydrogen) atoms. The second-order valence-corrected chi connectivity index (χ2v) is 6.65. The number of rotatable bonds is 5. The van der Waals surface area contributed by atoms with Crippen LogP contribution in [0.1, 0.15) is 33.1 Å². The Bertz CT molecular complexity index is 975. The number of aliphatic carboxylic acids is 1. The Hall–Kier alpha value is -3.02. The third kappa shape index (κ3) is 3.60. The van der Waals surface area contributed by atoms with Crippen LogP contribution in [0.4, 0.5) is 11.9 Å². The molecule has 9 heteroatoms. The first-order valence-corrected chi connectivity index (χ1v) is 9.05. The molecular formula is C18H24N6O3. The number of hydrogen-bond donors (Lipinski definition) is 2. The van der Waals surface area contributed by atoms with Gasteiger partial charge >= 0.3 is 5.97 Å². The van der Waals surface area contributed by atoms with Crippen molar-refractivity contribution < 1.29 is 9.90 Å². The normalized spacial score (nSPS) is 15.3. The lowest BCUT2D eigenvalue weighted by atomic mass is 10.1. The molecular weight excluding hydrogens is 348 g/mol. The summed E-state index contributed by atoms with van der Waals surface area (Å²) in [6, 6.07) is -0.879. The molecule has 3 rings (SSSR count). The molecule has 3 heterocycles. The standard InChI is InChI=1S/C18H24N6O3/c1-4-5-11-24-13-14(21-18(24)23-9-7-6-8-10-23)20-17(22(3)15(13)25)19-12(2)16(26)27/h12H,6-11H2,1-3H3,(H,19,20)(H,26,27). The van der Waals surface area contributed by atoms with Crippen LogP contribution in [0.15, 0.2) is 4.79 Å². The summed E-state index contributed by atoms with van der Waals surface area (Å²) in [6.45, 7) is 5.36. The van der Waals surface area contributed by atoms with Gasteiger partial charge in [-0.05, 0) is 33.1 Å². The van der Waals surface area contributed by atoms with Gasteiger partial charge < -0.3 is 15.3 Å². The van der Waals surface area contributed by atoms with Gasteiger partial charge in [0, 0.05) is 20.1 Å². The first-order chi connectivity index (χ1) is 12.9. The van der Waals surface area contributed by atoms with Crippen molar-refractivity contribution in [3.05, 3.63) is 10.4 Å². The van der Waals surface area contributed by atoms with Gasteiger partial charge in [0.1, 0.15) is 6.04 Å². The van der Waals surface area contributed by atoms with Crippen molar-refractivity contribution in [3.8, 4) is 11.8 Å². The molecule has 0 aromatic carbocycles. The number of carboxylic acid groups (broad SMARTS) is 1. The number of carboxylic acids is 1. The van der Waals surface area contributed by atoms with Crippen LogP contribution in [0, 0.1) is 11.8 Å². The van der Waals surface area contributed by atoms with E-state index >= 15 is 0 Å². The zero-order valence-electron chi connectivity index (χ0n) is 15.8. The highest BCUT2D eigenvalue weighted by atomic mass is 16.4. The molecule has 0 amide bonds. The fourth-order valence-corrected chi connectivity index (χ4v) is 3.18. The van der Waals surface area contributed by atoms with Gasteiger partial charge in [-0.25, -0.2) is 0 Å². The van der Waals surface area contributed by atoms with Crippen molar-refractivity contribution in [1.82, 2.24) is 19.1 Å². The van der Waals surface area contributed by atoms with E-state index in [1.165, 1.54) is 17.9 Å². The van der Waals surface area contributed by atoms with Gasteiger partial charge in [0.2, 0.25) is 11.9 Å². The third-order valence-electron chi connectivity index (χ3n) is 4.73. The van der Waals surface area contributed by atoms with Gasteiger partial charge in [0.05, 0.1) is 6.54 Å². The van der Waals surface area contributed by atoms with E-state index in [-0.39, 0.29) is 11.5 Å². The summed E-state index contributed by atoms with van der Waals surface area (Å²) in [5, 5.41) is 11.9. The Balaban J connectivity index is 2.15. The number of aromatic nitrogens is 4. The molecule has 1 fully saturated rings. The van der Waals surface area contributed by atoms with E-state index < -0.39 is 12.0 Å². The second kappa shape index (κ2) is 7.70. The Morgan fingerprint density at radius 3 is 2.63 bits per heavy atom. The maximum atomic E-state index is 13.0. The quantitative estimate of drug-likeness (QED) is 0.755. The van der Waals surface area contributed by atoms with Gasteiger partial charge in [-0.15, -0.1) is 5.92 Å². The van der Waals surface area contributed by atoms with Gasteiger partial charge in [-0.2, -0.15) is 9.97 Å². The molecule has 0 aliphatic carbocycles. The fourth-order valence-electron chi connectivity index (χ4n) is 3.18. The first-order valence-electron chi connectivity index (χ1n) is 9.05. The molecule has 1 unspecified atom stereocenters. The topological polar surface area (TPSA) is 105 Å². The Kier molecular flexibility index (Phi) is 5.35. The highest BCUT2D eigenvalue weighted by Crippen LogP contribution is 2.23. The van der Waals surface area contributed by atoms with E-state index in [9.17, 15) is 9.59 Å². The lowest BCUT2D eigenvalue weighted by molar-refractivity contribution is -0.137. The molecule has 1 aliphatic rings. The fraction of sp³-hybridized carbons (Fsp3) is 0.556. The molecule has 1 atom stereocenters. The average molecular weight is 372 g/mol. The highest BCUT2D eigenvalue weighted by molar-refractivity contribution is 5.78. The van der Waals surface area contributed by atoms with Crippen LogP contribution >= 0.6 is 0 Å². The van der Waals surface area contributed by atoms with Crippen LogP contribution in [-0.2, 0) is 18.4 Å². The lowest BCUT2D eigenvalue weighted by Gasteiger charge is -2.27.